The Labute approximate surface area is 762 Å². The summed E-state index contributed by atoms with van der Waals surface area (Å²) in [6.07, 6.45) is 3.52. The number of ketones is 8. The van der Waals surface area contributed by atoms with Crippen LogP contribution in [-0.4, -0.2) is 302 Å². The zero-order valence-corrected chi connectivity index (χ0v) is 77.7. The molecule has 0 bridgehead atoms. The van der Waals surface area contributed by atoms with Crippen LogP contribution in [0, 0.1) is 5.41 Å². The molecule has 24 heteroatoms. The van der Waals surface area contributed by atoms with Gasteiger partial charge in [-0.05, 0) is 227 Å². The van der Waals surface area contributed by atoms with Crippen molar-refractivity contribution in [3.63, 3.8) is 0 Å². The molecule has 0 saturated carbocycles. The fourth-order valence-corrected chi connectivity index (χ4v) is 18.4. The van der Waals surface area contributed by atoms with Gasteiger partial charge in [0.05, 0.1) is 107 Å². The predicted octanol–water partition coefficient (Wildman–Crippen LogP) is 13.5. The maximum Gasteiger partial charge on any atom is 0.188 e. The van der Waals surface area contributed by atoms with Crippen LogP contribution in [0.5, 0.6) is 0 Å². The molecule has 0 spiro atoms. The monoisotopic (exact) mass is 1760 g/mol. The molecule has 0 aliphatic carbocycles. The third kappa shape index (κ3) is 23.8. The Morgan fingerprint density at radius 2 is 0.419 bits per heavy atom. The van der Waals surface area contributed by atoms with E-state index >= 15 is 0 Å². The van der Waals surface area contributed by atoms with Gasteiger partial charge in [-0.2, -0.15) is 0 Å². The number of hydrogen-bond acceptors (Lipinski definition) is 24. The first-order chi connectivity index (χ1) is 62.2. The highest BCUT2D eigenvalue weighted by molar-refractivity contribution is 6.07. The minimum atomic E-state index is -1.41. The standard InChI is InChI=1S/C105H132N8O16/c1-13-102(106(5)6,97(118)85-33-41-89(42-34-85)110-49-57-122-58-50-110)65-77-17-25-81(26-18-77)93(114)69-126-73-101(74-127-70-94(115)82-27-19-78(20-28-82)66-103(14-2,107(7)8)98(119)86-35-43-90(44-36-86)111-51-59-123-60-52-111,75-128-71-95(116)83-29-21-79(22-30-83)67-104(15-3,108(9)10)99(120)87-37-45-91(46-38-87)112-53-61-124-62-54-112)76-129-72-96(117)84-31-23-80(24-32-84)68-105(16-4,109(11)12)100(121)88-39-47-92(48-40-88)113-55-63-125-64-56-113/h17-48H,13-16,49-76H2,1-12H3. The number of benzene rings is 8. The number of anilines is 4. The lowest BCUT2D eigenvalue weighted by Crippen LogP contribution is -2.52. The van der Waals surface area contributed by atoms with Gasteiger partial charge in [-0.1, -0.05) is 125 Å². The zero-order chi connectivity index (χ0) is 91.9. The van der Waals surface area contributed by atoms with Crippen molar-refractivity contribution in [1.82, 2.24) is 19.6 Å². The number of rotatable bonds is 48. The lowest BCUT2D eigenvalue weighted by molar-refractivity contribution is -0.0959. The van der Waals surface area contributed by atoms with Crippen molar-refractivity contribution >= 4 is 69.0 Å². The Morgan fingerprint density at radius 3 is 0.574 bits per heavy atom. The van der Waals surface area contributed by atoms with E-state index in [1.54, 1.807) is 48.5 Å². The first kappa shape index (κ1) is 97.9. The minimum Gasteiger partial charge on any atom is -0.378 e. The van der Waals surface area contributed by atoms with Crippen molar-refractivity contribution < 1.29 is 76.3 Å². The molecule has 0 amide bonds. The molecule has 4 heterocycles. The third-order valence-corrected chi connectivity index (χ3v) is 27.1. The smallest absolute Gasteiger partial charge is 0.188 e. The van der Waals surface area contributed by atoms with Gasteiger partial charge in [0.25, 0.3) is 0 Å². The van der Waals surface area contributed by atoms with E-state index in [-0.39, 0.29) is 72.7 Å². The number of ether oxygens (including phenoxy) is 8. The van der Waals surface area contributed by atoms with E-state index in [2.05, 4.69) is 19.6 Å². The summed E-state index contributed by atoms with van der Waals surface area (Å²) in [6.45, 7) is 16.5. The SMILES string of the molecule is CCC(Cc1ccc(C(=O)COCC(COCC(=O)c2ccc(CC(CC)(C(=O)c3ccc(N4CCOCC4)cc3)N(C)C)cc2)(COCC(=O)c2ccc(CC(CC)(C(=O)c3ccc(N4CCOCC4)cc3)N(C)C)cc2)COCC(=O)c2ccc(CC(CC)(C(=O)c3ccc(N4CCOCC4)cc3)N(C)C)cc2)cc1)(C(=O)c1ccc(N2CCOCC2)cc1)N(C)C. The number of carbonyl (C=O) groups excluding carboxylic acids is 8. The minimum absolute atomic E-state index is 0.0147. The number of nitrogens with zero attached hydrogens (tertiary/aromatic N) is 8. The molecule has 24 nitrogen and oxygen atoms in total. The van der Waals surface area contributed by atoms with E-state index in [9.17, 15) is 38.4 Å². The van der Waals surface area contributed by atoms with E-state index in [4.69, 9.17) is 37.9 Å². The number of morpholine rings is 4. The maximum absolute atomic E-state index is 14.7. The Kier molecular flexibility index (Phi) is 34.6. The molecule has 4 aliphatic heterocycles. The molecule has 129 heavy (non-hydrogen) atoms. The van der Waals surface area contributed by atoms with Gasteiger partial charge in [-0.15, -0.1) is 0 Å². The molecule has 4 saturated heterocycles. The van der Waals surface area contributed by atoms with Gasteiger partial charge >= 0.3 is 0 Å². The summed E-state index contributed by atoms with van der Waals surface area (Å²) in [6, 6.07) is 59.9. The average Bonchev–Trinajstić information content (AvgIpc) is 0.794. The molecule has 0 aromatic heterocycles. The Bertz CT molecular complexity index is 4390. The Morgan fingerprint density at radius 1 is 0.256 bits per heavy atom. The first-order valence-corrected chi connectivity index (χ1v) is 45.6. The van der Waals surface area contributed by atoms with Crippen molar-refractivity contribution in [2.24, 2.45) is 5.41 Å². The first-order valence-electron chi connectivity index (χ1n) is 45.6. The predicted molar refractivity (Wildman–Crippen MR) is 506 cm³/mol. The second kappa shape index (κ2) is 45.6. The quantitative estimate of drug-likeness (QED) is 0.0322. The van der Waals surface area contributed by atoms with E-state index in [0.29, 0.717) is 149 Å². The number of likely N-dealkylation sites (N-methyl/N-ethyl adjacent to an activating group) is 4. The highest BCUT2D eigenvalue weighted by Gasteiger charge is 2.45. The van der Waals surface area contributed by atoms with Crippen LogP contribution >= 0.6 is 0 Å². The van der Waals surface area contributed by atoms with E-state index < -0.39 is 54.0 Å². The van der Waals surface area contributed by atoms with Gasteiger partial charge in [0, 0.05) is 120 Å². The normalized spacial score (nSPS) is 17.0. The fraction of sp³-hybridized carbons (Fsp3) is 0.467. The Hall–Kier alpha value is -10.2. The summed E-state index contributed by atoms with van der Waals surface area (Å²) < 4.78 is 48.3. The highest BCUT2D eigenvalue weighted by atomic mass is 16.5. The fourth-order valence-electron chi connectivity index (χ4n) is 18.4. The van der Waals surface area contributed by atoms with Crippen LogP contribution in [0.2, 0.25) is 0 Å². The summed E-state index contributed by atoms with van der Waals surface area (Å²) in [5.74, 6) is -1.51. The van der Waals surface area contributed by atoms with Gasteiger partial charge in [-0.25, -0.2) is 0 Å². The summed E-state index contributed by atoms with van der Waals surface area (Å²) in [5.41, 5.74) is 6.27. The molecule has 4 unspecified atom stereocenters. The van der Waals surface area contributed by atoms with Gasteiger partial charge in [0.15, 0.2) is 46.3 Å². The molecule has 0 N–H and O–H groups in total. The van der Waals surface area contributed by atoms with Crippen molar-refractivity contribution in [3.8, 4) is 0 Å². The van der Waals surface area contributed by atoms with Crippen molar-refractivity contribution in [1.29, 1.82) is 0 Å². The lowest BCUT2D eigenvalue weighted by atomic mass is 9.80. The molecule has 0 radical (unpaired) electrons. The van der Waals surface area contributed by atoms with Crippen LogP contribution in [-0.2, 0) is 63.6 Å². The molecule has 4 atom stereocenters. The number of carbonyl (C=O) groups is 8. The number of hydrogen-bond donors (Lipinski definition) is 0. The summed E-state index contributed by atoms with van der Waals surface area (Å²) in [4.78, 5) is 134. The average molecular weight is 1760 g/mol. The molecular formula is C105H132N8O16. The van der Waals surface area contributed by atoms with Gasteiger partial charge in [0.1, 0.15) is 26.4 Å². The van der Waals surface area contributed by atoms with E-state index in [1.807, 2.05) is 249 Å². The number of Topliss-reactive ketones (excluding diaryl/α,β-unsaturated/α-hetero) is 8. The van der Waals surface area contributed by atoms with E-state index in [0.717, 1.165) is 97.4 Å². The molecule has 8 aromatic rings. The van der Waals surface area contributed by atoms with Crippen molar-refractivity contribution in [2.75, 3.05) is 234 Å². The van der Waals surface area contributed by atoms with Gasteiger partial charge < -0.3 is 57.5 Å². The molecule has 4 aliphatic rings. The van der Waals surface area contributed by atoms with Crippen molar-refractivity contribution in [3.05, 3.63) is 261 Å². The third-order valence-electron chi connectivity index (χ3n) is 27.1. The molecule has 688 valence electrons. The van der Waals surface area contributed by atoms with Gasteiger partial charge in [0.2, 0.25) is 0 Å². The second-order valence-corrected chi connectivity index (χ2v) is 35.7. The largest absolute Gasteiger partial charge is 0.378 e. The van der Waals surface area contributed by atoms with Crippen LogP contribution in [0.3, 0.4) is 0 Å². The second-order valence-electron chi connectivity index (χ2n) is 35.7. The van der Waals surface area contributed by atoms with Crippen LogP contribution in [0.1, 0.15) is 158 Å². The van der Waals surface area contributed by atoms with E-state index in [1.165, 1.54) is 0 Å². The molecule has 4 fully saturated rings. The van der Waals surface area contributed by atoms with Crippen LogP contribution in [0.15, 0.2) is 194 Å². The van der Waals surface area contributed by atoms with Crippen LogP contribution in [0.25, 0.3) is 0 Å². The Balaban J connectivity index is 0.789. The highest BCUT2D eigenvalue weighted by Crippen LogP contribution is 2.36. The summed E-state index contributed by atoms with van der Waals surface area (Å²) >= 11 is 0. The maximum atomic E-state index is 14.7. The summed E-state index contributed by atoms with van der Waals surface area (Å²) in [7, 11) is 15.3. The lowest BCUT2D eigenvalue weighted by Gasteiger charge is -2.38. The molecule has 12 rings (SSSR count). The topological polar surface area (TPSA) is 236 Å². The van der Waals surface area contributed by atoms with Crippen LogP contribution in [0.4, 0.5) is 22.7 Å². The molecular weight excluding hydrogens is 1630 g/mol. The van der Waals surface area contributed by atoms with Crippen LogP contribution < -0.4 is 19.6 Å². The van der Waals surface area contributed by atoms with Gasteiger partial charge in [-0.3, -0.25) is 58.0 Å². The van der Waals surface area contributed by atoms with Crippen molar-refractivity contribution in [2.45, 2.75) is 101 Å². The summed E-state index contributed by atoms with van der Waals surface area (Å²) in [5, 5.41) is 0. The molecule has 8 aromatic carbocycles. The zero-order valence-electron chi connectivity index (χ0n) is 77.7.